The van der Waals surface area contributed by atoms with Crippen molar-refractivity contribution < 1.29 is 42.1 Å². The van der Waals surface area contributed by atoms with Gasteiger partial charge in [0, 0.05) is 17.2 Å². The van der Waals surface area contributed by atoms with Crippen molar-refractivity contribution in [1.29, 1.82) is 0 Å². The standard InChI is InChI=1S/C14H19BFNO4.C8H5BrFNO4/c1-13(2)14(3,4)21-15(20-13)9-7-11(17)8(6-10(9)16)12(18)19-5;1-15-8(12)4-2-6(10)5(9)3-7(4)11(13)14/h6-7H,17H2,1-5H3;2-3H,1H3. The minimum atomic E-state index is -0.951. The number of anilines is 1. The summed E-state index contributed by atoms with van der Waals surface area (Å²) in [5, 5.41) is 10.6. The van der Waals surface area contributed by atoms with Gasteiger partial charge in [-0.1, -0.05) is 0 Å². The quantitative estimate of drug-likeness (QED) is 0.190. The molecule has 0 spiro atoms. The van der Waals surface area contributed by atoms with E-state index in [1.807, 2.05) is 27.7 Å². The molecule has 0 aromatic heterocycles. The van der Waals surface area contributed by atoms with Crippen LogP contribution in [0.15, 0.2) is 28.7 Å². The summed E-state index contributed by atoms with van der Waals surface area (Å²) < 4.78 is 47.6. The monoisotopic (exact) mass is 572 g/mol. The molecule has 0 bridgehead atoms. The number of carbonyl (C=O) groups is 2. The fourth-order valence-corrected chi connectivity index (χ4v) is 3.34. The van der Waals surface area contributed by atoms with Crippen LogP contribution in [0.4, 0.5) is 20.2 Å². The summed E-state index contributed by atoms with van der Waals surface area (Å²) in [6.07, 6.45) is 0. The fourth-order valence-electron chi connectivity index (χ4n) is 3.01. The maximum absolute atomic E-state index is 14.3. The van der Waals surface area contributed by atoms with Gasteiger partial charge in [-0.15, -0.1) is 0 Å². The van der Waals surface area contributed by atoms with Crippen molar-refractivity contribution in [3.63, 3.8) is 0 Å². The van der Waals surface area contributed by atoms with E-state index in [9.17, 15) is 28.5 Å². The molecule has 1 heterocycles. The smallest absolute Gasteiger partial charge is 0.465 e. The van der Waals surface area contributed by atoms with Crippen LogP contribution in [0.3, 0.4) is 0 Å². The molecule has 0 amide bonds. The van der Waals surface area contributed by atoms with Crippen molar-refractivity contribution in [3.05, 3.63) is 61.6 Å². The van der Waals surface area contributed by atoms with Gasteiger partial charge in [0.1, 0.15) is 17.2 Å². The van der Waals surface area contributed by atoms with Gasteiger partial charge in [0.25, 0.3) is 5.69 Å². The predicted molar refractivity (Wildman–Crippen MR) is 130 cm³/mol. The highest BCUT2D eigenvalue weighted by Gasteiger charge is 2.52. The van der Waals surface area contributed by atoms with Crippen molar-refractivity contribution in [2.24, 2.45) is 0 Å². The van der Waals surface area contributed by atoms with Crippen LogP contribution >= 0.6 is 15.9 Å². The topological polar surface area (TPSA) is 140 Å². The molecule has 1 aliphatic heterocycles. The molecule has 1 saturated heterocycles. The van der Waals surface area contributed by atoms with E-state index in [2.05, 4.69) is 25.4 Å². The zero-order valence-corrected chi connectivity index (χ0v) is 21.9. The number of nitro groups is 1. The third-order valence-corrected chi connectivity index (χ3v) is 6.33. The van der Waals surface area contributed by atoms with Gasteiger partial charge in [-0.2, -0.15) is 0 Å². The average Bonchev–Trinajstić information content (AvgIpc) is 3.02. The van der Waals surface area contributed by atoms with Crippen LogP contribution in [0.25, 0.3) is 0 Å². The molecule has 0 radical (unpaired) electrons. The molecule has 10 nitrogen and oxygen atoms in total. The van der Waals surface area contributed by atoms with Gasteiger partial charge in [0.05, 0.1) is 40.4 Å². The van der Waals surface area contributed by atoms with Crippen molar-refractivity contribution >= 4 is 51.8 Å². The van der Waals surface area contributed by atoms with Crippen LogP contribution in [0.5, 0.6) is 0 Å². The summed E-state index contributed by atoms with van der Waals surface area (Å²) in [7, 11) is 1.40. The largest absolute Gasteiger partial charge is 0.497 e. The maximum atomic E-state index is 14.3. The van der Waals surface area contributed by atoms with E-state index < -0.39 is 58.1 Å². The number of rotatable bonds is 4. The van der Waals surface area contributed by atoms with E-state index in [0.29, 0.717) is 0 Å². The fraction of sp³-hybridized carbons (Fsp3) is 0.364. The first-order valence-corrected chi connectivity index (χ1v) is 11.1. The Balaban J connectivity index is 0.000000269. The summed E-state index contributed by atoms with van der Waals surface area (Å²) >= 11 is 2.79. The third kappa shape index (κ3) is 5.99. The summed E-state index contributed by atoms with van der Waals surface area (Å²) in [4.78, 5) is 32.4. The van der Waals surface area contributed by atoms with Gasteiger partial charge < -0.3 is 24.5 Å². The molecule has 0 aliphatic carbocycles. The highest BCUT2D eigenvalue weighted by molar-refractivity contribution is 9.10. The van der Waals surface area contributed by atoms with Crippen LogP contribution in [0.1, 0.15) is 48.4 Å². The van der Waals surface area contributed by atoms with Gasteiger partial charge in [-0.25, -0.2) is 18.4 Å². The van der Waals surface area contributed by atoms with E-state index in [1.165, 1.54) is 13.2 Å². The Morgan fingerprint density at radius 1 is 0.972 bits per heavy atom. The second-order valence-electron chi connectivity index (χ2n) is 8.57. The number of hydrogen-bond donors (Lipinski definition) is 1. The Hall–Kier alpha value is -3.10. The molecule has 2 aromatic rings. The highest BCUT2D eigenvalue weighted by atomic mass is 79.9. The molecular formula is C22H24BBrF2N2O8. The van der Waals surface area contributed by atoms with Gasteiger partial charge in [-0.05, 0) is 61.8 Å². The molecule has 2 N–H and O–H groups in total. The van der Waals surface area contributed by atoms with Crippen LogP contribution in [-0.4, -0.2) is 49.4 Å². The van der Waals surface area contributed by atoms with Crippen LogP contribution < -0.4 is 11.2 Å². The maximum Gasteiger partial charge on any atom is 0.497 e. The Morgan fingerprint density at radius 3 is 1.92 bits per heavy atom. The second-order valence-corrected chi connectivity index (χ2v) is 9.43. The Bertz CT molecular complexity index is 1190. The first kappa shape index (κ1) is 29.1. The molecule has 3 rings (SSSR count). The normalized spacial score (nSPS) is 15.5. The van der Waals surface area contributed by atoms with E-state index >= 15 is 0 Å². The highest BCUT2D eigenvalue weighted by Crippen LogP contribution is 2.37. The number of nitrogen functional groups attached to an aromatic ring is 1. The van der Waals surface area contributed by atoms with Gasteiger partial charge in [-0.3, -0.25) is 10.1 Å². The lowest BCUT2D eigenvalue weighted by atomic mass is 9.78. The molecule has 0 saturated carbocycles. The second kappa shape index (κ2) is 10.9. The van der Waals surface area contributed by atoms with Crippen molar-refractivity contribution in [2.45, 2.75) is 38.9 Å². The van der Waals surface area contributed by atoms with Crippen LogP contribution in [0, 0.1) is 21.7 Å². The minimum absolute atomic E-state index is 0.0183. The van der Waals surface area contributed by atoms with E-state index in [-0.39, 0.29) is 21.2 Å². The number of methoxy groups -OCH3 is 2. The first-order chi connectivity index (χ1) is 16.6. The molecular weight excluding hydrogens is 549 g/mol. The lowest BCUT2D eigenvalue weighted by Crippen LogP contribution is -2.41. The number of esters is 2. The Labute approximate surface area is 214 Å². The van der Waals surface area contributed by atoms with E-state index in [1.54, 1.807) is 0 Å². The number of nitro benzene ring substituents is 1. The number of benzene rings is 2. The molecule has 1 fully saturated rings. The van der Waals surface area contributed by atoms with Gasteiger partial charge >= 0.3 is 19.1 Å². The zero-order chi connectivity index (χ0) is 27.6. The molecule has 2 aromatic carbocycles. The number of hydrogen-bond acceptors (Lipinski definition) is 9. The van der Waals surface area contributed by atoms with E-state index in [4.69, 9.17) is 15.0 Å². The lowest BCUT2D eigenvalue weighted by molar-refractivity contribution is -0.385. The van der Waals surface area contributed by atoms with Crippen molar-refractivity contribution in [2.75, 3.05) is 20.0 Å². The van der Waals surface area contributed by atoms with Crippen molar-refractivity contribution in [3.8, 4) is 0 Å². The summed E-state index contributed by atoms with van der Waals surface area (Å²) in [5.41, 5.74) is 3.97. The predicted octanol–water partition coefficient (Wildman–Crippen LogP) is 3.78. The Kier molecular flexibility index (Phi) is 8.81. The molecule has 1 aliphatic rings. The Morgan fingerprint density at radius 2 is 1.44 bits per heavy atom. The molecule has 0 atom stereocenters. The molecule has 14 heteroatoms. The SMILES string of the molecule is COC(=O)c1cc(F)c(B2OC(C)(C)C(C)(C)O2)cc1N.COC(=O)c1cc(F)c(Br)cc1[N+](=O)[O-]. The van der Waals surface area contributed by atoms with Crippen LogP contribution in [0.2, 0.25) is 0 Å². The van der Waals surface area contributed by atoms with Crippen molar-refractivity contribution in [1.82, 2.24) is 0 Å². The minimum Gasteiger partial charge on any atom is -0.465 e. The lowest BCUT2D eigenvalue weighted by Gasteiger charge is -2.32. The van der Waals surface area contributed by atoms with Crippen LogP contribution in [-0.2, 0) is 18.8 Å². The van der Waals surface area contributed by atoms with Gasteiger partial charge in [0.15, 0.2) is 0 Å². The number of nitrogens with two attached hydrogens (primary N) is 1. The van der Waals surface area contributed by atoms with E-state index in [0.717, 1.165) is 25.3 Å². The number of ether oxygens (including phenoxy) is 2. The average molecular weight is 573 g/mol. The first-order valence-electron chi connectivity index (χ1n) is 10.3. The molecule has 36 heavy (non-hydrogen) atoms. The molecule has 194 valence electrons. The summed E-state index contributed by atoms with van der Waals surface area (Å²) in [6.45, 7) is 7.49. The number of halogens is 3. The summed E-state index contributed by atoms with van der Waals surface area (Å²) in [6, 6.07) is 4.07. The molecule has 0 unspecified atom stereocenters. The zero-order valence-electron chi connectivity index (χ0n) is 20.3. The number of carbonyl (C=O) groups excluding carboxylic acids is 2. The third-order valence-electron chi connectivity index (χ3n) is 5.72. The summed E-state index contributed by atoms with van der Waals surface area (Å²) in [5.74, 6) is -3.02. The number of nitrogens with zero attached hydrogens (tertiary/aromatic N) is 1. The van der Waals surface area contributed by atoms with Gasteiger partial charge in [0.2, 0.25) is 0 Å².